The molecular weight excluding hydrogens is 506 g/mol. The van der Waals surface area contributed by atoms with Crippen molar-refractivity contribution in [1.29, 1.82) is 0 Å². The van der Waals surface area contributed by atoms with Gasteiger partial charge >= 0.3 is 0 Å². The number of aryl methyl sites for hydroxylation is 2. The van der Waals surface area contributed by atoms with Crippen LogP contribution in [0.3, 0.4) is 0 Å². The van der Waals surface area contributed by atoms with Crippen molar-refractivity contribution in [1.82, 2.24) is 0 Å². The molecule has 0 aliphatic carbocycles. The van der Waals surface area contributed by atoms with Crippen molar-refractivity contribution >= 4 is 23.1 Å². The summed E-state index contributed by atoms with van der Waals surface area (Å²) in [4.78, 5) is 29.0. The van der Waals surface area contributed by atoms with E-state index in [2.05, 4.69) is 20.8 Å². The first-order chi connectivity index (χ1) is 18.9. The fourth-order valence-electron chi connectivity index (χ4n) is 5.11. The maximum Gasteiger partial charge on any atom is 0.300 e. The lowest BCUT2D eigenvalue weighted by Gasteiger charge is -2.28. The van der Waals surface area contributed by atoms with Crippen LogP contribution in [0.4, 0.5) is 5.69 Å². The highest BCUT2D eigenvalue weighted by Gasteiger charge is 2.48. The molecule has 0 radical (unpaired) electrons. The largest absolute Gasteiger partial charge is 0.507 e. The lowest BCUT2D eigenvalue weighted by molar-refractivity contribution is -0.132. The fourth-order valence-corrected chi connectivity index (χ4v) is 5.11. The molecule has 210 valence electrons. The van der Waals surface area contributed by atoms with Crippen molar-refractivity contribution in [3.63, 3.8) is 0 Å². The molecule has 4 rings (SSSR count). The Morgan fingerprint density at radius 1 is 0.900 bits per heavy atom. The standard InChI is InChI=1S/C33H37NO6/c1-9-40-27-17-21(11-14-26(27)39-8)29-28(30(35)23-18-22(33(4,5)6)12-15-25(23)38-7)31(36)32(37)34(29)24-13-10-19(2)16-20(24)3/h10-18,29,35H,9H2,1-8H3/b30-28+. The van der Waals surface area contributed by atoms with Crippen LogP contribution in [-0.2, 0) is 15.0 Å². The predicted molar refractivity (Wildman–Crippen MR) is 157 cm³/mol. The summed E-state index contributed by atoms with van der Waals surface area (Å²) in [7, 11) is 3.06. The summed E-state index contributed by atoms with van der Waals surface area (Å²) in [6, 6.07) is 15.6. The van der Waals surface area contributed by atoms with Gasteiger partial charge < -0.3 is 19.3 Å². The Labute approximate surface area is 236 Å². The van der Waals surface area contributed by atoms with E-state index in [0.29, 0.717) is 40.7 Å². The predicted octanol–water partition coefficient (Wildman–Crippen LogP) is 6.64. The number of carbonyl (C=O) groups excluding carboxylic acids is 2. The molecule has 1 atom stereocenters. The van der Waals surface area contributed by atoms with E-state index in [-0.39, 0.29) is 16.7 Å². The monoisotopic (exact) mass is 543 g/mol. The number of hydrogen-bond acceptors (Lipinski definition) is 6. The van der Waals surface area contributed by atoms with E-state index < -0.39 is 17.7 Å². The summed E-state index contributed by atoms with van der Waals surface area (Å²) in [5, 5.41) is 11.8. The van der Waals surface area contributed by atoms with Crippen molar-refractivity contribution in [2.75, 3.05) is 25.7 Å². The summed E-state index contributed by atoms with van der Waals surface area (Å²) in [5.41, 5.74) is 4.07. The number of benzene rings is 3. The van der Waals surface area contributed by atoms with Gasteiger partial charge in [0, 0.05) is 5.69 Å². The number of aliphatic hydroxyl groups excluding tert-OH is 1. The lowest BCUT2D eigenvalue weighted by atomic mass is 9.85. The third-order valence-corrected chi connectivity index (χ3v) is 7.18. The number of carbonyl (C=O) groups is 2. The van der Waals surface area contributed by atoms with Crippen molar-refractivity contribution in [2.24, 2.45) is 0 Å². The van der Waals surface area contributed by atoms with Crippen molar-refractivity contribution in [3.8, 4) is 17.2 Å². The molecule has 7 nitrogen and oxygen atoms in total. The van der Waals surface area contributed by atoms with Crippen LogP contribution >= 0.6 is 0 Å². The molecule has 7 heteroatoms. The van der Waals surface area contributed by atoms with E-state index in [9.17, 15) is 14.7 Å². The van der Waals surface area contributed by atoms with Gasteiger partial charge in [0.05, 0.1) is 38.0 Å². The molecule has 0 saturated carbocycles. The SMILES string of the molecule is CCOc1cc(C2/C(=C(\O)c3cc(C(C)(C)C)ccc3OC)C(=O)C(=O)N2c2ccc(C)cc2C)ccc1OC. The van der Waals surface area contributed by atoms with Gasteiger partial charge in [0.1, 0.15) is 11.5 Å². The zero-order chi connectivity index (χ0) is 29.4. The lowest BCUT2D eigenvalue weighted by Crippen LogP contribution is -2.30. The van der Waals surface area contributed by atoms with E-state index in [0.717, 1.165) is 16.7 Å². The summed E-state index contributed by atoms with van der Waals surface area (Å²) >= 11 is 0. The van der Waals surface area contributed by atoms with Crippen molar-refractivity contribution in [2.45, 2.75) is 53.0 Å². The van der Waals surface area contributed by atoms with Gasteiger partial charge in [0.25, 0.3) is 11.7 Å². The summed E-state index contributed by atoms with van der Waals surface area (Å²) in [5.74, 6) is -0.411. The first-order valence-corrected chi connectivity index (χ1v) is 13.3. The third-order valence-electron chi connectivity index (χ3n) is 7.18. The highest BCUT2D eigenvalue weighted by atomic mass is 16.5. The molecule has 0 bridgehead atoms. The minimum absolute atomic E-state index is 0.0260. The van der Waals surface area contributed by atoms with Gasteiger partial charge in [0.2, 0.25) is 0 Å². The van der Waals surface area contributed by atoms with Crippen LogP contribution in [0.25, 0.3) is 5.76 Å². The summed E-state index contributed by atoms with van der Waals surface area (Å²) in [6.45, 7) is 12.3. The van der Waals surface area contributed by atoms with Gasteiger partial charge in [-0.25, -0.2) is 0 Å². The highest BCUT2D eigenvalue weighted by Crippen LogP contribution is 2.46. The van der Waals surface area contributed by atoms with E-state index in [1.807, 2.05) is 51.1 Å². The Hall–Kier alpha value is -4.26. The Kier molecular flexibility index (Phi) is 7.96. The number of Topliss-reactive ketones (excluding diaryl/α,β-unsaturated/α-hetero) is 1. The Morgan fingerprint density at radius 3 is 2.17 bits per heavy atom. The van der Waals surface area contributed by atoms with E-state index in [1.165, 1.54) is 12.0 Å². The van der Waals surface area contributed by atoms with Gasteiger partial charge in [-0.3, -0.25) is 14.5 Å². The first kappa shape index (κ1) is 28.7. The fraction of sp³-hybridized carbons (Fsp3) is 0.333. The van der Waals surface area contributed by atoms with Crippen LogP contribution in [0.1, 0.15) is 61.6 Å². The van der Waals surface area contributed by atoms with Crippen LogP contribution < -0.4 is 19.1 Å². The molecule has 1 N–H and O–H groups in total. The third kappa shape index (κ3) is 5.16. The topological polar surface area (TPSA) is 85.3 Å². The number of aliphatic hydroxyl groups is 1. The highest BCUT2D eigenvalue weighted by molar-refractivity contribution is 6.51. The molecule has 3 aromatic rings. The van der Waals surface area contributed by atoms with Gasteiger partial charge in [-0.2, -0.15) is 0 Å². The van der Waals surface area contributed by atoms with Crippen LogP contribution in [0.2, 0.25) is 0 Å². The molecular formula is C33H37NO6. The van der Waals surface area contributed by atoms with Crippen LogP contribution in [-0.4, -0.2) is 37.6 Å². The second kappa shape index (κ2) is 11.1. The Bertz CT molecular complexity index is 1500. The number of methoxy groups -OCH3 is 2. The van der Waals surface area contributed by atoms with E-state index in [4.69, 9.17) is 14.2 Å². The molecule has 1 heterocycles. The Balaban J connectivity index is 2.04. The molecule has 0 spiro atoms. The van der Waals surface area contributed by atoms with Crippen molar-refractivity contribution < 1.29 is 28.9 Å². The minimum Gasteiger partial charge on any atom is -0.507 e. The second-order valence-corrected chi connectivity index (χ2v) is 11.0. The molecule has 1 amide bonds. The summed E-state index contributed by atoms with van der Waals surface area (Å²) < 4.78 is 16.9. The van der Waals surface area contributed by atoms with Gasteiger partial charge in [-0.1, -0.05) is 50.6 Å². The zero-order valence-electron chi connectivity index (χ0n) is 24.4. The van der Waals surface area contributed by atoms with Gasteiger partial charge in [-0.05, 0) is 73.2 Å². The summed E-state index contributed by atoms with van der Waals surface area (Å²) in [6.07, 6.45) is 0. The quantitative estimate of drug-likeness (QED) is 0.204. The molecule has 1 saturated heterocycles. The van der Waals surface area contributed by atoms with Crippen LogP contribution in [0.5, 0.6) is 17.2 Å². The molecule has 1 unspecified atom stereocenters. The molecule has 1 aliphatic heterocycles. The number of rotatable bonds is 7. The van der Waals surface area contributed by atoms with Gasteiger partial charge in [0.15, 0.2) is 11.5 Å². The smallest absolute Gasteiger partial charge is 0.300 e. The zero-order valence-corrected chi connectivity index (χ0v) is 24.4. The van der Waals surface area contributed by atoms with Gasteiger partial charge in [-0.15, -0.1) is 0 Å². The number of ether oxygens (including phenoxy) is 3. The van der Waals surface area contributed by atoms with Crippen molar-refractivity contribution in [3.05, 3.63) is 88.0 Å². The Morgan fingerprint density at radius 2 is 1.57 bits per heavy atom. The molecule has 40 heavy (non-hydrogen) atoms. The van der Waals surface area contributed by atoms with E-state index in [1.54, 1.807) is 31.4 Å². The maximum absolute atomic E-state index is 13.8. The van der Waals surface area contributed by atoms with Crippen LogP contribution in [0.15, 0.2) is 60.2 Å². The number of amides is 1. The molecule has 3 aromatic carbocycles. The minimum atomic E-state index is -0.922. The maximum atomic E-state index is 13.8. The number of hydrogen-bond donors (Lipinski definition) is 1. The first-order valence-electron chi connectivity index (χ1n) is 13.3. The average molecular weight is 544 g/mol. The number of ketones is 1. The number of nitrogens with zero attached hydrogens (tertiary/aromatic N) is 1. The van der Waals surface area contributed by atoms with Crippen LogP contribution in [0, 0.1) is 13.8 Å². The second-order valence-electron chi connectivity index (χ2n) is 11.0. The van der Waals surface area contributed by atoms with E-state index >= 15 is 0 Å². The normalized spacial score (nSPS) is 16.8. The number of anilines is 1. The molecule has 0 aromatic heterocycles. The average Bonchev–Trinajstić information content (AvgIpc) is 3.17. The molecule has 1 fully saturated rings. The molecule has 1 aliphatic rings.